The van der Waals surface area contributed by atoms with Crippen LogP contribution in [0.1, 0.15) is 37.8 Å². The van der Waals surface area contributed by atoms with Crippen LogP contribution in [-0.2, 0) is 0 Å². The van der Waals surface area contributed by atoms with Crippen molar-refractivity contribution in [2.75, 3.05) is 11.9 Å². The van der Waals surface area contributed by atoms with Crippen LogP contribution in [0.5, 0.6) is 0 Å². The molecule has 0 radical (unpaired) electrons. The summed E-state index contributed by atoms with van der Waals surface area (Å²) in [5, 5.41) is 7.41. The van der Waals surface area contributed by atoms with Crippen molar-refractivity contribution in [3.63, 3.8) is 0 Å². The van der Waals surface area contributed by atoms with Crippen LogP contribution < -0.4 is 10.6 Å². The van der Waals surface area contributed by atoms with Gasteiger partial charge < -0.3 is 10.6 Å². The summed E-state index contributed by atoms with van der Waals surface area (Å²) in [6, 6.07) is 5.54. The molecule has 1 aromatic rings. The molecule has 2 fully saturated rings. The first-order chi connectivity index (χ1) is 8.84. The average molecular weight is 245 g/mol. The summed E-state index contributed by atoms with van der Waals surface area (Å²) in [5.74, 6) is 0.798. The largest absolute Gasteiger partial charge is 0.381 e. The highest BCUT2D eigenvalue weighted by Crippen LogP contribution is 2.34. The minimum Gasteiger partial charge on any atom is -0.381 e. The lowest BCUT2D eigenvalue weighted by atomic mass is 9.93. The van der Waals surface area contributed by atoms with Crippen LogP contribution in [0.4, 0.5) is 5.69 Å². The first kappa shape index (κ1) is 12.0. The molecule has 3 unspecified atom stereocenters. The minimum absolute atomic E-state index is 0.628. The lowest BCUT2D eigenvalue weighted by Crippen LogP contribution is -2.38. The van der Waals surface area contributed by atoms with Crippen LogP contribution in [0.2, 0.25) is 0 Å². The van der Waals surface area contributed by atoms with E-state index in [2.05, 4.69) is 28.6 Å². The molecular weight excluding hydrogens is 222 g/mol. The lowest BCUT2D eigenvalue weighted by Gasteiger charge is -2.27. The topological polar surface area (TPSA) is 37.0 Å². The van der Waals surface area contributed by atoms with Crippen LogP contribution in [0.25, 0.3) is 0 Å². The van der Waals surface area contributed by atoms with Crippen molar-refractivity contribution in [3.05, 3.63) is 24.0 Å². The molecule has 98 valence electrons. The van der Waals surface area contributed by atoms with Crippen LogP contribution in [0, 0.1) is 12.8 Å². The van der Waals surface area contributed by atoms with E-state index < -0.39 is 0 Å². The predicted molar refractivity (Wildman–Crippen MR) is 74.8 cm³/mol. The van der Waals surface area contributed by atoms with Crippen molar-refractivity contribution in [3.8, 4) is 0 Å². The highest BCUT2D eigenvalue weighted by atomic mass is 15.0. The van der Waals surface area contributed by atoms with E-state index in [-0.39, 0.29) is 0 Å². The Morgan fingerprint density at radius 1 is 1.28 bits per heavy atom. The van der Waals surface area contributed by atoms with E-state index in [0.717, 1.165) is 17.7 Å². The molecule has 2 N–H and O–H groups in total. The number of nitrogens with one attached hydrogen (secondary N) is 2. The molecule has 3 heteroatoms. The maximum Gasteiger partial charge on any atom is 0.0603 e. The van der Waals surface area contributed by atoms with Gasteiger partial charge in [-0.1, -0.05) is 6.42 Å². The fraction of sp³-hybridized carbons (Fsp3) is 0.667. The summed E-state index contributed by atoms with van der Waals surface area (Å²) in [4.78, 5) is 4.37. The van der Waals surface area contributed by atoms with E-state index in [0.29, 0.717) is 6.04 Å². The highest BCUT2D eigenvalue weighted by molar-refractivity contribution is 5.47. The van der Waals surface area contributed by atoms with Crippen molar-refractivity contribution in [1.29, 1.82) is 0 Å². The highest BCUT2D eigenvalue weighted by Gasteiger charge is 2.34. The number of rotatable bonds is 3. The zero-order chi connectivity index (χ0) is 12.4. The second kappa shape index (κ2) is 5.27. The Morgan fingerprint density at radius 3 is 3.00 bits per heavy atom. The second-order valence-corrected chi connectivity index (χ2v) is 5.68. The van der Waals surface area contributed by atoms with Crippen molar-refractivity contribution >= 4 is 5.69 Å². The first-order valence-electron chi connectivity index (χ1n) is 7.26. The molecule has 18 heavy (non-hydrogen) atoms. The van der Waals surface area contributed by atoms with Gasteiger partial charge in [0.2, 0.25) is 0 Å². The lowest BCUT2D eigenvalue weighted by molar-refractivity contribution is 0.376. The fourth-order valence-electron chi connectivity index (χ4n) is 3.56. The third kappa shape index (κ3) is 2.37. The fourth-order valence-corrected chi connectivity index (χ4v) is 3.56. The van der Waals surface area contributed by atoms with Crippen molar-refractivity contribution in [1.82, 2.24) is 10.3 Å². The summed E-state index contributed by atoms with van der Waals surface area (Å²) in [7, 11) is 0. The van der Waals surface area contributed by atoms with E-state index in [9.17, 15) is 0 Å². The molecule has 3 nitrogen and oxygen atoms in total. The molecule has 1 saturated heterocycles. The summed E-state index contributed by atoms with van der Waals surface area (Å²) in [5.41, 5.74) is 2.33. The Hall–Kier alpha value is -1.09. The zero-order valence-corrected chi connectivity index (χ0v) is 11.2. The molecule has 2 heterocycles. The number of anilines is 1. The van der Waals surface area contributed by atoms with Crippen LogP contribution in [0.15, 0.2) is 18.3 Å². The molecule has 1 aliphatic carbocycles. The molecule has 0 aromatic carbocycles. The van der Waals surface area contributed by atoms with E-state index in [1.54, 1.807) is 0 Å². The maximum atomic E-state index is 4.37. The Balaban J connectivity index is 1.69. The van der Waals surface area contributed by atoms with Gasteiger partial charge in [0.15, 0.2) is 0 Å². The molecular formula is C15H23N3. The van der Waals surface area contributed by atoms with Gasteiger partial charge in [-0.3, -0.25) is 4.98 Å². The summed E-state index contributed by atoms with van der Waals surface area (Å²) in [6.45, 7) is 3.29. The van der Waals surface area contributed by atoms with Gasteiger partial charge in [0.05, 0.1) is 11.4 Å². The Kier molecular flexibility index (Phi) is 3.50. The molecule has 0 spiro atoms. The smallest absolute Gasteiger partial charge is 0.0603 e. The third-order valence-corrected chi connectivity index (χ3v) is 4.53. The molecule has 3 atom stereocenters. The third-order valence-electron chi connectivity index (χ3n) is 4.53. The quantitative estimate of drug-likeness (QED) is 0.859. The number of hydrogen-bond donors (Lipinski definition) is 2. The summed E-state index contributed by atoms with van der Waals surface area (Å²) >= 11 is 0. The Bertz CT molecular complexity index is 398. The van der Waals surface area contributed by atoms with E-state index in [1.165, 1.54) is 44.3 Å². The minimum atomic E-state index is 0.628. The standard InChI is InChI=1S/C15H23N3/c1-11-13(7-3-9-16-11)18-15-6-2-5-12(15)14-8-4-10-17-14/h3,7,9,12,14-15,17-18H,2,4-6,8,10H2,1H3. The van der Waals surface area contributed by atoms with Gasteiger partial charge in [0, 0.05) is 18.3 Å². The number of nitrogens with zero attached hydrogens (tertiary/aromatic N) is 1. The van der Waals surface area contributed by atoms with Gasteiger partial charge in [-0.15, -0.1) is 0 Å². The molecule has 3 rings (SSSR count). The predicted octanol–water partition coefficient (Wildman–Crippen LogP) is 2.72. The van der Waals surface area contributed by atoms with Crippen molar-refractivity contribution in [2.45, 2.75) is 51.1 Å². The van der Waals surface area contributed by atoms with E-state index >= 15 is 0 Å². The first-order valence-corrected chi connectivity index (χ1v) is 7.26. The molecule has 1 saturated carbocycles. The van der Waals surface area contributed by atoms with Crippen LogP contribution in [0.3, 0.4) is 0 Å². The van der Waals surface area contributed by atoms with Gasteiger partial charge in [-0.25, -0.2) is 0 Å². The maximum absolute atomic E-state index is 4.37. The molecule has 2 aliphatic rings. The van der Waals surface area contributed by atoms with Gasteiger partial charge in [-0.2, -0.15) is 0 Å². The summed E-state index contributed by atoms with van der Waals surface area (Å²) < 4.78 is 0. The molecule has 0 bridgehead atoms. The normalized spacial score (nSPS) is 31.7. The van der Waals surface area contributed by atoms with Crippen molar-refractivity contribution in [2.24, 2.45) is 5.92 Å². The number of hydrogen-bond acceptors (Lipinski definition) is 3. The molecule has 1 aromatic heterocycles. The average Bonchev–Trinajstić information content (AvgIpc) is 3.02. The van der Waals surface area contributed by atoms with E-state index in [1.807, 2.05) is 12.3 Å². The zero-order valence-electron chi connectivity index (χ0n) is 11.2. The van der Waals surface area contributed by atoms with Gasteiger partial charge >= 0.3 is 0 Å². The van der Waals surface area contributed by atoms with Crippen LogP contribution >= 0.6 is 0 Å². The SMILES string of the molecule is Cc1ncccc1NC1CCCC1C1CCCN1. The summed E-state index contributed by atoms with van der Waals surface area (Å²) in [6.07, 6.45) is 8.60. The second-order valence-electron chi connectivity index (χ2n) is 5.68. The Morgan fingerprint density at radius 2 is 2.22 bits per heavy atom. The Labute approximate surface area is 109 Å². The van der Waals surface area contributed by atoms with Gasteiger partial charge in [0.25, 0.3) is 0 Å². The van der Waals surface area contributed by atoms with Gasteiger partial charge in [0.1, 0.15) is 0 Å². The van der Waals surface area contributed by atoms with Crippen molar-refractivity contribution < 1.29 is 0 Å². The molecule has 0 amide bonds. The number of aryl methyl sites for hydroxylation is 1. The van der Waals surface area contributed by atoms with Gasteiger partial charge in [-0.05, 0) is 57.2 Å². The van der Waals surface area contributed by atoms with E-state index in [4.69, 9.17) is 0 Å². The number of pyridine rings is 1. The molecule has 1 aliphatic heterocycles. The van der Waals surface area contributed by atoms with Crippen LogP contribution in [-0.4, -0.2) is 23.6 Å². The number of aromatic nitrogens is 1. The monoisotopic (exact) mass is 245 g/mol.